The van der Waals surface area contributed by atoms with Crippen LogP contribution in [0, 0.1) is 0 Å². The highest BCUT2D eigenvalue weighted by Gasteiger charge is 2.16. The number of nitrogens with zero attached hydrogens (tertiary/aromatic N) is 1. The van der Waals surface area contributed by atoms with E-state index in [0.717, 1.165) is 43.1 Å². The second-order valence-electron chi connectivity index (χ2n) is 7.97. The van der Waals surface area contributed by atoms with Crippen LogP contribution < -0.4 is 5.32 Å². The summed E-state index contributed by atoms with van der Waals surface area (Å²) in [6.45, 7) is 3.57. The number of hydrogen-bond donors (Lipinski definition) is 1. The third kappa shape index (κ3) is 6.29. The lowest BCUT2D eigenvalue weighted by Gasteiger charge is -2.28. The van der Waals surface area contributed by atoms with Gasteiger partial charge in [0, 0.05) is 53.3 Å². The van der Waals surface area contributed by atoms with E-state index in [-0.39, 0.29) is 5.91 Å². The Bertz CT molecular complexity index is 1070. The minimum absolute atomic E-state index is 0.0337. The summed E-state index contributed by atoms with van der Waals surface area (Å²) in [6.07, 6.45) is 1.10. The van der Waals surface area contributed by atoms with Crippen LogP contribution in [0.2, 0.25) is 10.0 Å². The molecule has 0 fully saturated rings. The van der Waals surface area contributed by atoms with Gasteiger partial charge in [0.1, 0.15) is 0 Å². The highest BCUT2D eigenvalue weighted by molar-refractivity contribution is 7.98. The molecule has 3 nitrogen and oxygen atoms in total. The zero-order chi connectivity index (χ0) is 22.3. The third-order valence-electron chi connectivity index (χ3n) is 5.64. The fourth-order valence-corrected chi connectivity index (χ4v) is 5.29. The molecule has 0 bridgehead atoms. The van der Waals surface area contributed by atoms with Gasteiger partial charge in [0.05, 0.1) is 0 Å². The molecule has 6 heteroatoms. The summed E-state index contributed by atoms with van der Waals surface area (Å²) in [4.78, 5) is 14.9. The predicted octanol–water partition coefficient (Wildman–Crippen LogP) is 6.21. The molecule has 0 unspecified atom stereocenters. The molecule has 1 N–H and O–H groups in total. The molecule has 0 radical (unpaired) electrons. The lowest BCUT2D eigenvalue weighted by Crippen LogP contribution is -2.30. The molecule has 166 valence electrons. The van der Waals surface area contributed by atoms with Crippen LogP contribution in [0.15, 0.2) is 66.7 Å². The molecule has 0 aliphatic carbocycles. The normalized spacial score (nSPS) is 13.6. The minimum atomic E-state index is -0.0337. The molecule has 3 aromatic rings. The van der Waals surface area contributed by atoms with Crippen molar-refractivity contribution in [1.82, 2.24) is 10.2 Å². The molecule has 1 aliphatic rings. The van der Waals surface area contributed by atoms with Gasteiger partial charge >= 0.3 is 0 Å². The zero-order valence-corrected chi connectivity index (χ0v) is 20.1. The molecule has 4 rings (SSSR count). The van der Waals surface area contributed by atoms with Crippen molar-refractivity contribution in [2.75, 3.05) is 18.8 Å². The summed E-state index contributed by atoms with van der Waals surface area (Å²) in [5.74, 6) is 1.58. The highest BCUT2D eigenvalue weighted by Crippen LogP contribution is 2.24. The van der Waals surface area contributed by atoms with Gasteiger partial charge in [-0.3, -0.25) is 9.69 Å². The summed E-state index contributed by atoms with van der Waals surface area (Å²) in [5.41, 5.74) is 5.87. The van der Waals surface area contributed by atoms with Crippen molar-refractivity contribution in [3.8, 4) is 0 Å². The quantitative estimate of drug-likeness (QED) is 0.385. The lowest BCUT2D eigenvalue weighted by molar-refractivity contribution is 0.0956. The van der Waals surface area contributed by atoms with Crippen LogP contribution in [0.1, 0.15) is 32.6 Å². The topological polar surface area (TPSA) is 32.3 Å². The van der Waals surface area contributed by atoms with Gasteiger partial charge in [0.15, 0.2) is 0 Å². The molecule has 1 amide bonds. The van der Waals surface area contributed by atoms with Gasteiger partial charge in [-0.15, -0.1) is 0 Å². The van der Waals surface area contributed by atoms with Crippen LogP contribution in [-0.2, 0) is 25.3 Å². The fraction of sp³-hybridized carbons (Fsp3) is 0.269. The number of halogens is 2. The van der Waals surface area contributed by atoms with Gasteiger partial charge < -0.3 is 5.32 Å². The first-order valence-corrected chi connectivity index (χ1v) is 12.7. The van der Waals surface area contributed by atoms with E-state index >= 15 is 0 Å². The average molecular weight is 485 g/mol. The van der Waals surface area contributed by atoms with E-state index in [1.165, 1.54) is 16.7 Å². The van der Waals surface area contributed by atoms with Crippen LogP contribution in [0.3, 0.4) is 0 Å². The number of benzene rings is 3. The summed E-state index contributed by atoms with van der Waals surface area (Å²) in [7, 11) is 0. The van der Waals surface area contributed by atoms with E-state index in [2.05, 4.69) is 46.6 Å². The van der Waals surface area contributed by atoms with Crippen molar-refractivity contribution in [3.63, 3.8) is 0 Å². The van der Waals surface area contributed by atoms with Crippen molar-refractivity contribution in [2.45, 2.75) is 25.3 Å². The molecule has 0 atom stereocenters. The third-order valence-corrected chi connectivity index (χ3v) is 7.23. The smallest absolute Gasteiger partial charge is 0.251 e. The van der Waals surface area contributed by atoms with Crippen molar-refractivity contribution in [2.24, 2.45) is 0 Å². The fourth-order valence-electron chi connectivity index (χ4n) is 3.87. The van der Waals surface area contributed by atoms with Gasteiger partial charge in [-0.1, -0.05) is 65.7 Å². The van der Waals surface area contributed by atoms with Crippen molar-refractivity contribution in [3.05, 3.63) is 105 Å². The Labute approximate surface area is 204 Å². The molecule has 0 spiro atoms. The highest BCUT2D eigenvalue weighted by atomic mass is 35.5. The Hall–Kier alpha value is -1.98. The molecule has 0 aromatic heterocycles. The first-order chi connectivity index (χ1) is 15.6. The lowest BCUT2D eigenvalue weighted by atomic mass is 9.99. The van der Waals surface area contributed by atoms with Gasteiger partial charge in [-0.05, 0) is 52.9 Å². The van der Waals surface area contributed by atoms with Crippen LogP contribution in [0.4, 0.5) is 0 Å². The number of nitrogens with one attached hydrogen (secondary N) is 1. The molecule has 1 heterocycles. The Morgan fingerprint density at radius 1 is 1.00 bits per heavy atom. The van der Waals surface area contributed by atoms with E-state index in [0.29, 0.717) is 22.2 Å². The van der Waals surface area contributed by atoms with E-state index < -0.39 is 0 Å². The molecule has 1 aliphatic heterocycles. The molecule has 0 saturated carbocycles. The van der Waals surface area contributed by atoms with E-state index in [1.807, 2.05) is 24.3 Å². The number of carbonyl (C=O) groups excluding carboxylic acids is 1. The van der Waals surface area contributed by atoms with Crippen LogP contribution >= 0.6 is 35.0 Å². The Morgan fingerprint density at radius 3 is 2.56 bits per heavy atom. The first-order valence-electron chi connectivity index (χ1n) is 10.8. The van der Waals surface area contributed by atoms with Crippen molar-refractivity contribution < 1.29 is 4.79 Å². The van der Waals surface area contributed by atoms with Crippen molar-refractivity contribution >= 4 is 40.9 Å². The number of thioether (sulfide) groups is 1. The van der Waals surface area contributed by atoms with Gasteiger partial charge in [-0.25, -0.2) is 0 Å². The summed E-state index contributed by atoms with van der Waals surface area (Å²) in [6, 6.07) is 22.2. The number of rotatable bonds is 8. The Kier molecular flexibility index (Phi) is 8.15. The summed E-state index contributed by atoms with van der Waals surface area (Å²) < 4.78 is 0. The second kappa shape index (κ2) is 11.2. The monoisotopic (exact) mass is 484 g/mol. The van der Waals surface area contributed by atoms with Crippen LogP contribution in [0.25, 0.3) is 0 Å². The maximum absolute atomic E-state index is 12.4. The van der Waals surface area contributed by atoms with E-state index in [9.17, 15) is 4.79 Å². The number of fused-ring (bicyclic) bond motifs is 1. The van der Waals surface area contributed by atoms with Crippen LogP contribution in [-0.4, -0.2) is 29.6 Å². The summed E-state index contributed by atoms with van der Waals surface area (Å²) in [5, 5.41) is 4.32. The second-order valence-corrected chi connectivity index (χ2v) is 9.92. The largest absolute Gasteiger partial charge is 0.351 e. The maximum Gasteiger partial charge on any atom is 0.251 e. The Balaban J connectivity index is 1.19. The van der Waals surface area contributed by atoms with E-state index in [1.54, 1.807) is 17.8 Å². The molecular formula is C26H26Cl2N2OS. The van der Waals surface area contributed by atoms with Gasteiger partial charge in [0.25, 0.3) is 5.91 Å². The zero-order valence-electron chi connectivity index (χ0n) is 17.8. The summed E-state index contributed by atoms with van der Waals surface area (Å²) >= 11 is 13.9. The number of carbonyl (C=O) groups is 1. The maximum atomic E-state index is 12.4. The molecule has 32 heavy (non-hydrogen) atoms. The predicted molar refractivity (Wildman–Crippen MR) is 136 cm³/mol. The Morgan fingerprint density at radius 2 is 1.78 bits per heavy atom. The number of hydrogen-bond acceptors (Lipinski definition) is 3. The van der Waals surface area contributed by atoms with E-state index in [4.69, 9.17) is 23.2 Å². The van der Waals surface area contributed by atoms with Gasteiger partial charge in [-0.2, -0.15) is 11.8 Å². The first kappa shape index (κ1) is 23.2. The minimum Gasteiger partial charge on any atom is -0.351 e. The van der Waals surface area contributed by atoms with Crippen molar-refractivity contribution in [1.29, 1.82) is 0 Å². The number of amides is 1. The standard InChI is InChI=1S/C26H26Cl2N2OS/c27-24-10-9-23(25(28)15-24)18-32-14-12-29-26(31)21-7-5-19(6-8-21)16-30-13-11-20-3-1-2-4-22(20)17-30/h1-10,15H,11-14,16-18H2,(H,29,31). The van der Waals surface area contributed by atoms with Crippen LogP contribution in [0.5, 0.6) is 0 Å². The molecular weight excluding hydrogens is 459 g/mol. The molecule has 0 saturated heterocycles. The SMILES string of the molecule is O=C(NCCSCc1ccc(Cl)cc1Cl)c1ccc(CN2CCc3ccccc3C2)cc1. The molecule has 3 aromatic carbocycles. The van der Waals surface area contributed by atoms with Gasteiger partial charge in [0.2, 0.25) is 0 Å². The average Bonchev–Trinajstić information content (AvgIpc) is 2.80.